The second-order valence-electron chi connectivity index (χ2n) is 5.33. The van der Waals surface area contributed by atoms with Gasteiger partial charge in [0.25, 0.3) is 5.69 Å². The molecule has 0 aliphatic rings. The summed E-state index contributed by atoms with van der Waals surface area (Å²) in [4.78, 5) is 14.4. The van der Waals surface area contributed by atoms with Crippen molar-refractivity contribution in [1.29, 1.82) is 0 Å². The molecular formula is C17H15BrN4O2. The number of nitrogens with one attached hydrogen (secondary N) is 1. The van der Waals surface area contributed by atoms with E-state index in [9.17, 15) is 10.1 Å². The van der Waals surface area contributed by atoms with Gasteiger partial charge >= 0.3 is 0 Å². The van der Waals surface area contributed by atoms with Crippen molar-refractivity contribution in [3.63, 3.8) is 0 Å². The Kier molecular flexibility index (Phi) is 4.90. The van der Waals surface area contributed by atoms with Gasteiger partial charge in [-0.3, -0.25) is 10.1 Å². The molecule has 3 aromatic rings. The first kappa shape index (κ1) is 16.2. The van der Waals surface area contributed by atoms with E-state index in [4.69, 9.17) is 0 Å². The third-order valence-electron chi connectivity index (χ3n) is 3.59. The molecular weight excluding hydrogens is 372 g/mol. The van der Waals surface area contributed by atoms with Crippen LogP contribution in [0.2, 0.25) is 0 Å². The number of halogens is 1. The van der Waals surface area contributed by atoms with Gasteiger partial charge in [-0.25, -0.2) is 4.98 Å². The zero-order valence-electron chi connectivity index (χ0n) is 12.7. The van der Waals surface area contributed by atoms with Crippen LogP contribution in [-0.2, 0) is 13.1 Å². The van der Waals surface area contributed by atoms with E-state index in [0.717, 1.165) is 17.8 Å². The molecule has 7 heteroatoms. The Bertz CT molecular complexity index is 832. The molecule has 122 valence electrons. The van der Waals surface area contributed by atoms with Crippen LogP contribution in [0.5, 0.6) is 0 Å². The van der Waals surface area contributed by atoms with Crippen LogP contribution in [-0.4, -0.2) is 14.5 Å². The van der Waals surface area contributed by atoms with Gasteiger partial charge in [0.2, 0.25) is 0 Å². The molecule has 0 fully saturated rings. The Hall–Kier alpha value is -2.67. The normalized spacial score (nSPS) is 10.5. The van der Waals surface area contributed by atoms with Crippen molar-refractivity contribution in [1.82, 2.24) is 9.55 Å². The van der Waals surface area contributed by atoms with E-state index in [2.05, 4.69) is 50.5 Å². The highest BCUT2D eigenvalue weighted by molar-refractivity contribution is 9.10. The second-order valence-corrected chi connectivity index (χ2v) is 6.18. The van der Waals surface area contributed by atoms with Crippen molar-refractivity contribution in [2.24, 2.45) is 0 Å². The quantitative estimate of drug-likeness (QED) is 0.508. The Labute approximate surface area is 147 Å². The van der Waals surface area contributed by atoms with Gasteiger partial charge in [0, 0.05) is 47.8 Å². The smallest absolute Gasteiger partial charge is 0.270 e. The van der Waals surface area contributed by atoms with Crippen LogP contribution >= 0.6 is 15.9 Å². The number of hydrogen-bond donors (Lipinski definition) is 1. The van der Waals surface area contributed by atoms with Crippen LogP contribution in [0.25, 0.3) is 0 Å². The van der Waals surface area contributed by atoms with Crippen LogP contribution in [0.3, 0.4) is 0 Å². The first-order chi connectivity index (χ1) is 11.6. The molecule has 0 bridgehead atoms. The van der Waals surface area contributed by atoms with E-state index in [1.165, 1.54) is 17.7 Å². The van der Waals surface area contributed by atoms with Gasteiger partial charge in [0.05, 0.1) is 11.3 Å². The van der Waals surface area contributed by atoms with Crippen molar-refractivity contribution < 1.29 is 4.92 Å². The van der Waals surface area contributed by atoms with Crippen LogP contribution in [0, 0.1) is 10.1 Å². The lowest BCUT2D eigenvalue weighted by atomic mass is 10.1. The standard InChI is InChI=1S/C17H15BrN4O2/c18-16-9-15(22(23)24)5-6-17(16)20-10-13-1-3-14(4-2-13)11-21-8-7-19-12-21/h1-9,12,20H,10-11H2. The number of hydrogen-bond acceptors (Lipinski definition) is 4. The van der Waals surface area contributed by atoms with Gasteiger partial charge in [-0.15, -0.1) is 0 Å². The number of aromatic nitrogens is 2. The molecule has 0 amide bonds. The fraction of sp³-hybridized carbons (Fsp3) is 0.118. The number of benzene rings is 2. The molecule has 1 N–H and O–H groups in total. The number of imidazole rings is 1. The molecule has 0 unspecified atom stereocenters. The number of nitrogens with zero attached hydrogens (tertiary/aromatic N) is 3. The molecule has 0 atom stereocenters. The molecule has 2 aromatic carbocycles. The van der Waals surface area contributed by atoms with Crippen molar-refractivity contribution in [3.05, 3.63) is 86.9 Å². The number of non-ortho nitro benzene ring substituents is 1. The highest BCUT2D eigenvalue weighted by atomic mass is 79.9. The Balaban J connectivity index is 1.61. The van der Waals surface area contributed by atoms with Gasteiger partial charge in [-0.1, -0.05) is 24.3 Å². The van der Waals surface area contributed by atoms with E-state index in [0.29, 0.717) is 11.0 Å². The molecule has 3 rings (SSSR count). The molecule has 1 aromatic heterocycles. The minimum absolute atomic E-state index is 0.0660. The Morgan fingerprint density at radius 1 is 1.17 bits per heavy atom. The number of nitro groups is 1. The fourth-order valence-electron chi connectivity index (χ4n) is 2.31. The minimum Gasteiger partial charge on any atom is -0.380 e. The maximum absolute atomic E-state index is 10.7. The van der Waals surface area contributed by atoms with Crippen LogP contribution in [0.1, 0.15) is 11.1 Å². The molecule has 0 saturated carbocycles. The zero-order chi connectivity index (χ0) is 16.9. The van der Waals surface area contributed by atoms with Crippen molar-refractivity contribution >= 4 is 27.3 Å². The monoisotopic (exact) mass is 386 g/mol. The third-order valence-corrected chi connectivity index (χ3v) is 4.25. The lowest BCUT2D eigenvalue weighted by Gasteiger charge is -2.09. The van der Waals surface area contributed by atoms with Gasteiger partial charge in [-0.05, 0) is 33.1 Å². The molecule has 6 nitrogen and oxygen atoms in total. The van der Waals surface area contributed by atoms with Crippen molar-refractivity contribution in [3.8, 4) is 0 Å². The summed E-state index contributed by atoms with van der Waals surface area (Å²) in [5, 5.41) is 14.0. The molecule has 0 aliphatic heterocycles. The predicted octanol–water partition coefficient (Wildman–Crippen LogP) is 4.21. The van der Waals surface area contributed by atoms with E-state index in [-0.39, 0.29) is 5.69 Å². The predicted molar refractivity (Wildman–Crippen MR) is 95.9 cm³/mol. The summed E-state index contributed by atoms with van der Waals surface area (Å²) in [6.45, 7) is 1.43. The lowest BCUT2D eigenvalue weighted by molar-refractivity contribution is -0.384. The molecule has 1 heterocycles. The van der Waals surface area contributed by atoms with Crippen LogP contribution in [0.4, 0.5) is 11.4 Å². The largest absolute Gasteiger partial charge is 0.380 e. The van der Waals surface area contributed by atoms with E-state index in [1.807, 2.05) is 10.8 Å². The molecule has 0 aliphatic carbocycles. The maximum atomic E-state index is 10.7. The van der Waals surface area contributed by atoms with E-state index in [1.54, 1.807) is 18.6 Å². The summed E-state index contributed by atoms with van der Waals surface area (Å²) in [5.41, 5.74) is 3.22. The fourth-order valence-corrected chi connectivity index (χ4v) is 2.82. The average molecular weight is 387 g/mol. The van der Waals surface area contributed by atoms with Crippen molar-refractivity contribution in [2.75, 3.05) is 5.32 Å². The van der Waals surface area contributed by atoms with Gasteiger partial charge in [-0.2, -0.15) is 0 Å². The summed E-state index contributed by atoms with van der Waals surface area (Å²) in [7, 11) is 0. The third kappa shape index (κ3) is 3.99. The van der Waals surface area contributed by atoms with Crippen LogP contribution in [0.15, 0.2) is 65.7 Å². The maximum Gasteiger partial charge on any atom is 0.270 e. The summed E-state index contributed by atoms with van der Waals surface area (Å²) in [6.07, 6.45) is 5.49. The van der Waals surface area contributed by atoms with E-state index >= 15 is 0 Å². The lowest BCUT2D eigenvalue weighted by Crippen LogP contribution is -2.01. The molecule has 0 spiro atoms. The summed E-state index contributed by atoms with van der Waals surface area (Å²) in [5.74, 6) is 0. The first-order valence-electron chi connectivity index (χ1n) is 7.33. The molecule has 0 saturated heterocycles. The first-order valence-corrected chi connectivity index (χ1v) is 8.12. The number of nitro benzene ring substituents is 1. The zero-order valence-corrected chi connectivity index (χ0v) is 14.3. The minimum atomic E-state index is -0.409. The highest BCUT2D eigenvalue weighted by Crippen LogP contribution is 2.27. The Morgan fingerprint density at radius 3 is 2.54 bits per heavy atom. The SMILES string of the molecule is O=[N+]([O-])c1ccc(NCc2ccc(Cn3ccnc3)cc2)c(Br)c1. The van der Waals surface area contributed by atoms with Gasteiger partial charge in [0.1, 0.15) is 0 Å². The highest BCUT2D eigenvalue weighted by Gasteiger charge is 2.08. The number of anilines is 1. The topological polar surface area (TPSA) is 73.0 Å². The Morgan fingerprint density at radius 2 is 1.92 bits per heavy atom. The van der Waals surface area contributed by atoms with Gasteiger partial charge in [0.15, 0.2) is 0 Å². The summed E-state index contributed by atoms with van der Waals surface area (Å²) in [6, 6.07) is 13.0. The molecule has 0 radical (unpaired) electrons. The van der Waals surface area contributed by atoms with Gasteiger partial charge < -0.3 is 9.88 Å². The van der Waals surface area contributed by atoms with E-state index < -0.39 is 4.92 Å². The summed E-state index contributed by atoms with van der Waals surface area (Å²) < 4.78 is 2.69. The summed E-state index contributed by atoms with van der Waals surface area (Å²) >= 11 is 3.36. The number of rotatable bonds is 6. The van der Waals surface area contributed by atoms with Crippen LogP contribution < -0.4 is 5.32 Å². The van der Waals surface area contributed by atoms with Crippen molar-refractivity contribution in [2.45, 2.75) is 13.1 Å². The second kappa shape index (κ2) is 7.27. The molecule has 24 heavy (non-hydrogen) atoms. The average Bonchev–Trinajstić information content (AvgIpc) is 3.08.